The predicted molar refractivity (Wildman–Crippen MR) is 132 cm³/mol. The summed E-state index contributed by atoms with van der Waals surface area (Å²) in [6.45, 7) is 3.49. The second kappa shape index (κ2) is 9.79. The van der Waals surface area contributed by atoms with Crippen LogP contribution in [0.25, 0.3) is 11.3 Å². The molecule has 0 spiro atoms. The van der Waals surface area contributed by atoms with Crippen molar-refractivity contribution in [2.24, 2.45) is 0 Å². The molecule has 0 unspecified atom stereocenters. The zero-order valence-corrected chi connectivity index (χ0v) is 19.2. The molecule has 7 heteroatoms. The van der Waals surface area contributed by atoms with Gasteiger partial charge in [-0.25, -0.2) is 0 Å². The summed E-state index contributed by atoms with van der Waals surface area (Å²) in [5.41, 5.74) is 4.48. The molecule has 1 saturated heterocycles. The maximum Gasteiger partial charge on any atom is 0.257 e. The van der Waals surface area contributed by atoms with Gasteiger partial charge in [-0.15, -0.1) is 0 Å². The van der Waals surface area contributed by atoms with E-state index in [0.29, 0.717) is 30.9 Å². The molecule has 0 saturated carbocycles. The number of carbonyl (C=O) groups excluding carboxylic acids is 1. The fourth-order valence-corrected chi connectivity index (χ4v) is 4.28. The van der Waals surface area contributed by atoms with E-state index in [-0.39, 0.29) is 5.91 Å². The Morgan fingerprint density at radius 2 is 1.62 bits per heavy atom. The lowest BCUT2D eigenvalue weighted by atomic mass is 10.1. The Kier molecular flexibility index (Phi) is 6.25. The zero-order valence-electron chi connectivity index (χ0n) is 19.2. The molecule has 1 amide bonds. The summed E-state index contributed by atoms with van der Waals surface area (Å²) in [7, 11) is 1.64. The molecule has 1 aliphatic heterocycles. The molecule has 0 bridgehead atoms. The van der Waals surface area contributed by atoms with Crippen LogP contribution in [0.3, 0.4) is 0 Å². The molecule has 5 rings (SSSR count). The topological polar surface area (TPSA) is 63.5 Å². The Bertz CT molecular complexity index is 1230. The quantitative estimate of drug-likeness (QED) is 0.442. The van der Waals surface area contributed by atoms with Crippen LogP contribution >= 0.6 is 0 Å². The van der Waals surface area contributed by atoms with Crippen LogP contribution in [-0.4, -0.2) is 58.9 Å². The first-order valence-corrected chi connectivity index (χ1v) is 11.4. The molecule has 2 aromatic heterocycles. The largest absolute Gasteiger partial charge is 0.497 e. The summed E-state index contributed by atoms with van der Waals surface area (Å²) in [6.07, 6.45) is 5.48. The third-order valence-corrected chi connectivity index (χ3v) is 6.14. The van der Waals surface area contributed by atoms with Gasteiger partial charge >= 0.3 is 0 Å². The second-order valence-corrected chi connectivity index (χ2v) is 8.29. The van der Waals surface area contributed by atoms with Crippen molar-refractivity contribution in [3.8, 4) is 17.0 Å². The number of amides is 1. The molecule has 0 N–H and O–H groups in total. The Labute approximate surface area is 199 Å². The second-order valence-electron chi connectivity index (χ2n) is 8.29. The number of hydrogen-bond acceptors (Lipinski definition) is 5. The van der Waals surface area contributed by atoms with E-state index in [1.807, 2.05) is 70.4 Å². The van der Waals surface area contributed by atoms with Crippen LogP contribution in [0.4, 0.5) is 5.69 Å². The van der Waals surface area contributed by atoms with Crippen LogP contribution in [0.2, 0.25) is 0 Å². The van der Waals surface area contributed by atoms with Gasteiger partial charge in [-0.1, -0.05) is 30.3 Å². The lowest BCUT2D eigenvalue weighted by molar-refractivity contribution is 0.0747. The number of aromatic nitrogens is 3. The van der Waals surface area contributed by atoms with Gasteiger partial charge in [0.25, 0.3) is 5.91 Å². The number of pyridine rings is 1. The number of anilines is 1. The van der Waals surface area contributed by atoms with Crippen LogP contribution in [0.5, 0.6) is 5.75 Å². The van der Waals surface area contributed by atoms with Gasteiger partial charge in [0, 0.05) is 56.0 Å². The highest BCUT2D eigenvalue weighted by atomic mass is 16.5. The Balaban J connectivity index is 1.40. The van der Waals surface area contributed by atoms with Crippen molar-refractivity contribution in [1.29, 1.82) is 0 Å². The van der Waals surface area contributed by atoms with Gasteiger partial charge in [0.1, 0.15) is 11.4 Å². The minimum atomic E-state index is 0.0134. The van der Waals surface area contributed by atoms with Gasteiger partial charge < -0.3 is 14.5 Å². The lowest BCUT2D eigenvalue weighted by Crippen LogP contribution is -2.48. The summed E-state index contributed by atoms with van der Waals surface area (Å²) < 4.78 is 7.16. The highest BCUT2D eigenvalue weighted by Crippen LogP contribution is 2.27. The average Bonchev–Trinajstić information content (AvgIpc) is 3.33. The van der Waals surface area contributed by atoms with Crippen LogP contribution in [-0.2, 0) is 6.54 Å². The Morgan fingerprint density at radius 1 is 0.912 bits per heavy atom. The highest BCUT2D eigenvalue weighted by molar-refractivity contribution is 6.00. The third kappa shape index (κ3) is 4.64. The maximum absolute atomic E-state index is 13.6. The molecule has 0 aliphatic carbocycles. The minimum Gasteiger partial charge on any atom is -0.497 e. The van der Waals surface area contributed by atoms with Crippen molar-refractivity contribution in [3.05, 3.63) is 96.4 Å². The molecule has 3 heterocycles. The summed E-state index contributed by atoms with van der Waals surface area (Å²) in [4.78, 5) is 22.0. The first-order valence-electron chi connectivity index (χ1n) is 11.4. The van der Waals surface area contributed by atoms with Crippen molar-refractivity contribution in [1.82, 2.24) is 19.7 Å². The van der Waals surface area contributed by atoms with Crippen LogP contribution in [0, 0.1) is 0 Å². The van der Waals surface area contributed by atoms with Gasteiger partial charge in [-0.2, -0.15) is 5.10 Å². The molecular formula is C27H27N5O2. The fourth-order valence-electron chi connectivity index (χ4n) is 4.28. The van der Waals surface area contributed by atoms with Crippen LogP contribution in [0.1, 0.15) is 15.9 Å². The van der Waals surface area contributed by atoms with Crippen molar-refractivity contribution in [2.45, 2.75) is 6.54 Å². The standard InChI is InChI=1S/C27H27N5O2/c1-34-24-9-7-22(8-10-24)26-25(20-32(29-26)19-21-5-3-2-4-6-21)27(33)31-17-15-30(16-18-31)23-11-13-28-14-12-23/h2-14,20H,15-19H2,1H3. The van der Waals surface area contributed by atoms with E-state index in [2.05, 4.69) is 22.0 Å². The van der Waals surface area contributed by atoms with Gasteiger partial charge in [-0.3, -0.25) is 14.5 Å². The van der Waals surface area contributed by atoms with Crippen LogP contribution in [0.15, 0.2) is 85.3 Å². The van der Waals surface area contributed by atoms with Gasteiger partial charge in [0.05, 0.1) is 19.2 Å². The summed E-state index contributed by atoms with van der Waals surface area (Å²) in [5, 5.41) is 4.82. The molecule has 2 aromatic carbocycles. The smallest absolute Gasteiger partial charge is 0.257 e. The number of hydrogen-bond donors (Lipinski definition) is 0. The number of ether oxygens (including phenoxy) is 1. The summed E-state index contributed by atoms with van der Waals surface area (Å²) in [6, 6.07) is 21.9. The number of carbonyl (C=O) groups is 1. The highest BCUT2D eigenvalue weighted by Gasteiger charge is 2.26. The molecule has 4 aromatic rings. The van der Waals surface area contributed by atoms with E-state index in [9.17, 15) is 4.79 Å². The normalized spacial score (nSPS) is 13.7. The molecule has 34 heavy (non-hydrogen) atoms. The first-order chi connectivity index (χ1) is 16.7. The molecule has 0 atom stereocenters. The fraction of sp³-hybridized carbons (Fsp3) is 0.222. The molecular weight excluding hydrogens is 426 g/mol. The van der Waals surface area contributed by atoms with Gasteiger partial charge in [0.15, 0.2) is 0 Å². The number of piperazine rings is 1. The van der Waals surface area contributed by atoms with E-state index >= 15 is 0 Å². The Morgan fingerprint density at radius 3 is 2.29 bits per heavy atom. The first kappa shape index (κ1) is 21.7. The number of rotatable bonds is 6. The van der Waals surface area contributed by atoms with E-state index in [1.165, 1.54) is 0 Å². The number of benzene rings is 2. The van der Waals surface area contributed by atoms with E-state index < -0.39 is 0 Å². The average molecular weight is 454 g/mol. The SMILES string of the molecule is COc1ccc(-c2nn(Cc3ccccc3)cc2C(=O)N2CCN(c3ccncc3)CC2)cc1. The molecule has 0 radical (unpaired) electrons. The van der Waals surface area contributed by atoms with E-state index in [4.69, 9.17) is 9.84 Å². The molecule has 7 nitrogen and oxygen atoms in total. The van der Waals surface area contributed by atoms with Crippen molar-refractivity contribution in [2.75, 3.05) is 38.2 Å². The predicted octanol–water partition coefficient (Wildman–Crippen LogP) is 3.96. The lowest BCUT2D eigenvalue weighted by Gasteiger charge is -2.36. The summed E-state index contributed by atoms with van der Waals surface area (Å²) >= 11 is 0. The zero-order chi connectivity index (χ0) is 23.3. The van der Waals surface area contributed by atoms with Crippen molar-refractivity contribution in [3.63, 3.8) is 0 Å². The number of methoxy groups -OCH3 is 1. The minimum absolute atomic E-state index is 0.0134. The monoisotopic (exact) mass is 453 g/mol. The maximum atomic E-state index is 13.6. The van der Waals surface area contributed by atoms with E-state index in [1.54, 1.807) is 19.5 Å². The summed E-state index contributed by atoms with van der Waals surface area (Å²) in [5.74, 6) is 0.784. The van der Waals surface area contributed by atoms with E-state index in [0.717, 1.165) is 35.7 Å². The molecule has 172 valence electrons. The van der Waals surface area contributed by atoms with Gasteiger partial charge in [0.2, 0.25) is 0 Å². The number of nitrogens with zero attached hydrogens (tertiary/aromatic N) is 5. The van der Waals surface area contributed by atoms with Crippen LogP contribution < -0.4 is 9.64 Å². The van der Waals surface area contributed by atoms with Gasteiger partial charge in [-0.05, 0) is 42.0 Å². The molecule has 1 aliphatic rings. The van der Waals surface area contributed by atoms with Crippen molar-refractivity contribution < 1.29 is 9.53 Å². The third-order valence-electron chi connectivity index (χ3n) is 6.14. The van der Waals surface area contributed by atoms with Crippen molar-refractivity contribution >= 4 is 11.6 Å². The Hall–Kier alpha value is -4.13. The molecule has 1 fully saturated rings.